The number of halogens is 1. The van der Waals surface area contributed by atoms with Crippen molar-refractivity contribution in [2.24, 2.45) is 4.99 Å². The van der Waals surface area contributed by atoms with Crippen molar-refractivity contribution in [2.75, 3.05) is 53.0 Å². The summed E-state index contributed by atoms with van der Waals surface area (Å²) in [7, 11) is 1.78. The van der Waals surface area contributed by atoms with Crippen molar-refractivity contribution >= 4 is 29.9 Å². The monoisotopic (exact) mass is 525 g/mol. The lowest BCUT2D eigenvalue weighted by atomic mass is 10.2. The summed E-state index contributed by atoms with van der Waals surface area (Å²) in [6, 6.07) is 14.1. The highest BCUT2D eigenvalue weighted by Gasteiger charge is 2.10. The minimum absolute atomic E-state index is 0. The Morgan fingerprint density at radius 2 is 1.93 bits per heavy atom. The second-order valence-corrected chi connectivity index (χ2v) is 6.83. The van der Waals surface area contributed by atoms with E-state index in [2.05, 4.69) is 31.6 Å². The maximum absolute atomic E-state index is 6.05. The second kappa shape index (κ2) is 14.2. The molecule has 8 heteroatoms. The predicted octanol–water partition coefficient (Wildman–Crippen LogP) is 2.32. The molecular weight excluding hydrogens is 493 g/mol. The molecule has 0 unspecified atom stereocenters. The first-order valence-electron chi connectivity index (χ1n) is 10.2. The number of para-hydroxylation sites is 1. The van der Waals surface area contributed by atoms with Crippen molar-refractivity contribution in [3.63, 3.8) is 0 Å². The van der Waals surface area contributed by atoms with E-state index in [-0.39, 0.29) is 24.0 Å². The molecule has 1 aromatic heterocycles. The predicted molar refractivity (Wildman–Crippen MR) is 131 cm³/mol. The van der Waals surface area contributed by atoms with E-state index in [9.17, 15) is 0 Å². The summed E-state index contributed by atoms with van der Waals surface area (Å²) in [5.41, 5.74) is 2.18. The molecule has 1 aliphatic heterocycles. The van der Waals surface area contributed by atoms with Gasteiger partial charge in [-0.3, -0.25) is 14.9 Å². The lowest BCUT2D eigenvalue weighted by Gasteiger charge is -2.26. The quantitative estimate of drug-likeness (QED) is 0.298. The Bertz CT molecular complexity index is 754. The molecule has 1 aliphatic rings. The van der Waals surface area contributed by atoms with Gasteiger partial charge < -0.3 is 20.1 Å². The van der Waals surface area contributed by atoms with Gasteiger partial charge in [-0.2, -0.15) is 0 Å². The van der Waals surface area contributed by atoms with Gasteiger partial charge in [-0.05, 0) is 18.2 Å². The molecule has 1 fully saturated rings. The first-order chi connectivity index (χ1) is 14.3. The zero-order chi connectivity index (χ0) is 20.2. The molecule has 1 aromatic carbocycles. The zero-order valence-corrected chi connectivity index (χ0v) is 19.9. The highest BCUT2D eigenvalue weighted by Crippen LogP contribution is 2.17. The summed E-state index contributed by atoms with van der Waals surface area (Å²) in [6.45, 7) is 6.60. The van der Waals surface area contributed by atoms with Crippen LogP contribution < -0.4 is 15.4 Å². The average Bonchev–Trinajstić information content (AvgIpc) is 2.78. The minimum Gasteiger partial charge on any atom is -0.492 e. The van der Waals surface area contributed by atoms with Crippen LogP contribution in [0.2, 0.25) is 0 Å². The molecule has 2 N–H and O–H groups in total. The van der Waals surface area contributed by atoms with Gasteiger partial charge in [0.05, 0.1) is 13.2 Å². The van der Waals surface area contributed by atoms with Crippen LogP contribution in [-0.4, -0.2) is 68.9 Å². The molecule has 0 aliphatic carbocycles. The fourth-order valence-electron chi connectivity index (χ4n) is 3.15. The normalized spacial score (nSPS) is 14.6. The van der Waals surface area contributed by atoms with Gasteiger partial charge in [0, 0.05) is 63.6 Å². The van der Waals surface area contributed by atoms with Gasteiger partial charge in [0.15, 0.2) is 5.96 Å². The van der Waals surface area contributed by atoms with E-state index in [1.165, 1.54) is 0 Å². The van der Waals surface area contributed by atoms with Crippen LogP contribution in [0.5, 0.6) is 5.75 Å². The molecule has 30 heavy (non-hydrogen) atoms. The number of aromatic nitrogens is 1. The zero-order valence-electron chi connectivity index (χ0n) is 17.5. The second-order valence-electron chi connectivity index (χ2n) is 6.83. The topological polar surface area (TPSA) is 71.0 Å². The van der Waals surface area contributed by atoms with Crippen molar-refractivity contribution in [2.45, 2.75) is 13.0 Å². The van der Waals surface area contributed by atoms with E-state index in [0.29, 0.717) is 13.2 Å². The van der Waals surface area contributed by atoms with Gasteiger partial charge in [0.1, 0.15) is 12.4 Å². The van der Waals surface area contributed by atoms with Crippen LogP contribution in [0.25, 0.3) is 0 Å². The summed E-state index contributed by atoms with van der Waals surface area (Å²) < 4.78 is 11.4. The van der Waals surface area contributed by atoms with Crippen molar-refractivity contribution in [1.29, 1.82) is 0 Å². The van der Waals surface area contributed by atoms with E-state index in [4.69, 9.17) is 9.47 Å². The van der Waals surface area contributed by atoms with E-state index in [1.807, 2.05) is 42.6 Å². The molecule has 2 heterocycles. The molecule has 0 amide bonds. The average molecular weight is 525 g/mol. The standard InChI is InChI=1S/C22H31N5O2.HI/c1-23-22(25-11-9-20-7-4-5-10-24-20)26-18-19-6-2-3-8-21(19)29-17-14-27-12-15-28-16-13-27;/h2-8,10H,9,11-18H2,1H3,(H2,23,25,26);1H. The first-order valence-corrected chi connectivity index (χ1v) is 10.2. The summed E-state index contributed by atoms with van der Waals surface area (Å²) in [5.74, 6) is 1.68. The smallest absolute Gasteiger partial charge is 0.191 e. The number of aliphatic imine (C=N–C) groups is 1. The van der Waals surface area contributed by atoms with Crippen LogP contribution in [0.4, 0.5) is 0 Å². The molecule has 0 saturated carbocycles. The highest BCUT2D eigenvalue weighted by atomic mass is 127. The number of morpholine rings is 1. The summed E-state index contributed by atoms with van der Waals surface area (Å²) in [6.07, 6.45) is 2.67. The number of hydrogen-bond donors (Lipinski definition) is 2. The summed E-state index contributed by atoms with van der Waals surface area (Å²) in [4.78, 5) is 11.0. The van der Waals surface area contributed by atoms with Gasteiger partial charge >= 0.3 is 0 Å². The SMILES string of the molecule is CN=C(NCCc1ccccn1)NCc1ccccc1OCCN1CCOCC1.I. The fraction of sp³-hybridized carbons (Fsp3) is 0.455. The van der Waals surface area contributed by atoms with E-state index < -0.39 is 0 Å². The molecule has 164 valence electrons. The molecule has 0 atom stereocenters. The number of guanidine groups is 1. The molecule has 3 rings (SSSR count). The van der Waals surface area contributed by atoms with Crippen LogP contribution in [0, 0.1) is 0 Å². The van der Waals surface area contributed by atoms with Gasteiger partial charge in [-0.1, -0.05) is 24.3 Å². The van der Waals surface area contributed by atoms with E-state index >= 15 is 0 Å². The van der Waals surface area contributed by atoms with Gasteiger partial charge in [0.25, 0.3) is 0 Å². The lowest BCUT2D eigenvalue weighted by molar-refractivity contribution is 0.0322. The molecule has 7 nitrogen and oxygen atoms in total. The fourth-order valence-corrected chi connectivity index (χ4v) is 3.15. The number of nitrogens with one attached hydrogen (secondary N) is 2. The Morgan fingerprint density at radius 1 is 1.13 bits per heavy atom. The van der Waals surface area contributed by atoms with E-state index in [1.54, 1.807) is 7.05 Å². The largest absolute Gasteiger partial charge is 0.492 e. The van der Waals surface area contributed by atoms with Crippen molar-refractivity contribution < 1.29 is 9.47 Å². The van der Waals surface area contributed by atoms with Crippen LogP contribution in [0.3, 0.4) is 0 Å². The third-order valence-electron chi connectivity index (χ3n) is 4.81. The lowest BCUT2D eigenvalue weighted by Crippen LogP contribution is -2.39. The number of pyridine rings is 1. The van der Waals surface area contributed by atoms with Crippen LogP contribution in [0.1, 0.15) is 11.3 Å². The van der Waals surface area contributed by atoms with Crippen LogP contribution >= 0.6 is 24.0 Å². The Kier molecular flexibility index (Phi) is 11.5. The molecule has 1 saturated heterocycles. The Hall–Kier alpha value is -1.91. The van der Waals surface area contributed by atoms with Crippen molar-refractivity contribution in [3.8, 4) is 5.75 Å². The van der Waals surface area contributed by atoms with Crippen molar-refractivity contribution in [3.05, 3.63) is 59.9 Å². The first kappa shape index (κ1) is 24.4. The highest BCUT2D eigenvalue weighted by molar-refractivity contribution is 14.0. The summed E-state index contributed by atoms with van der Waals surface area (Å²) in [5, 5.41) is 6.70. The minimum atomic E-state index is 0. The molecule has 2 aromatic rings. The number of benzene rings is 1. The van der Waals surface area contributed by atoms with E-state index in [0.717, 1.165) is 68.8 Å². The Balaban J connectivity index is 0.00000320. The number of hydrogen-bond acceptors (Lipinski definition) is 5. The van der Waals surface area contributed by atoms with Crippen molar-refractivity contribution in [1.82, 2.24) is 20.5 Å². The number of rotatable bonds is 9. The van der Waals surface area contributed by atoms with Gasteiger partial charge in [-0.15, -0.1) is 24.0 Å². The third kappa shape index (κ3) is 8.45. The third-order valence-corrected chi connectivity index (χ3v) is 4.81. The summed E-state index contributed by atoms with van der Waals surface area (Å²) >= 11 is 0. The molecule has 0 spiro atoms. The van der Waals surface area contributed by atoms with Gasteiger partial charge in [0.2, 0.25) is 0 Å². The maximum Gasteiger partial charge on any atom is 0.191 e. The Morgan fingerprint density at radius 3 is 2.70 bits per heavy atom. The molecule has 0 radical (unpaired) electrons. The van der Waals surface area contributed by atoms with Crippen LogP contribution in [0.15, 0.2) is 53.7 Å². The van der Waals surface area contributed by atoms with Gasteiger partial charge in [-0.25, -0.2) is 0 Å². The maximum atomic E-state index is 6.05. The number of nitrogens with zero attached hydrogens (tertiary/aromatic N) is 3. The Labute approximate surface area is 196 Å². The molecular formula is C22H32IN5O2. The molecule has 0 bridgehead atoms. The van der Waals surface area contributed by atoms with Crippen LogP contribution in [-0.2, 0) is 17.7 Å². The number of ether oxygens (including phenoxy) is 2.